The van der Waals surface area contributed by atoms with Gasteiger partial charge >= 0.3 is 0 Å². The Labute approximate surface area is 117 Å². The van der Waals surface area contributed by atoms with Crippen molar-refractivity contribution in [2.75, 3.05) is 25.0 Å². The van der Waals surface area contributed by atoms with Gasteiger partial charge in [-0.25, -0.2) is 0 Å². The van der Waals surface area contributed by atoms with Gasteiger partial charge in [0.25, 0.3) is 5.91 Å². The molecule has 98 valence electrons. The fraction of sp³-hybridized carbons (Fsp3) is 0.462. The predicted molar refractivity (Wildman–Crippen MR) is 74.5 cm³/mol. The number of quaternary nitrogens is 1. The molecule has 5 heteroatoms. The fourth-order valence-corrected chi connectivity index (χ4v) is 2.53. The van der Waals surface area contributed by atoms with Crippen LogP contribution in [0.25, 0.3) is 0 Å². The molecule has 1 saturated heterocycles. The lowest BCUT2D eigenvalue weighted by Crippen LogP contribution is -3.13. The summed E-state index contributed by atoms with van der Waals surface area (Å²) < 4.78 is 0. The van der Waals surface area contributed by atoms with E-state index >= 15 is 0 Å². The first-order chi connectivity index (χ1) is 8.65. The zero-order chi connectivity index (χ0) is 13.0. The Morgan fingerprint density at radius 1 is 1.17 bits per heavy atom. The largest absolute Gasteiger partial charge is 0.327 e. The van der Waals surface area contributed by atoms with Gasteiger partial charge in [0.05, 0.1) is 23.1 Å². The van der Waals surface area contributed by atoms with Crippen LogP contribution >= 0.6 is 23.2 Å². The minimum atomic E-state index is 0.0327. The van der Waals surface area contributed by atoms with E-state index in [9.17, 15) is 4.79 Å². The van der Waals surface area contributed by atoms with Gasteiger partial charge in [-0.15, -0.1) is 0 Å². The van der Waals surface area contributed by atoms with E-state index in [1.807, 2.05) is 0 Å². The lowest BCUT2D eigenvalue weighted by atomic mass is 10.1. The summed E-state index contributed by atoms with van der Waals surface area (Å²) in [4.78, 5) is 13.2. The van der Waals surface area contributed by atoms with Gasteiger partial charge in [-0.05, 0) is 37.5 Å². The van der Waals surface area contributed by atoms with E-state index in [1.165, 1.54) is 24.2 Å². The Morgan fingerprint density at radius 3 is 2.56 bits per heavy atom. The molecule has 2 N–H and O–H groups in total. The zero-order valence-corrected chi connectivity index (χ0v) is 11.7. The molecule has 0 aliphatic carbocycles. The summed E-state index contributed by atoms with van der Waals surface area (Å²) in [6.45, 7) is 2.71. The molecule has 2 rings (SSSR count). The summed E-state index contributed by atoms with van der Waals surface area (Å²) in [5, 5.41) is 3.81. The second kappa shape index (κ2) is 6.41. The van der Waals surface area contributed by atoms with Crippen molar-refractivity contribution in [2.24, 2.45) is 0 Å². The van der Waals surface area contributed by atoms with Crippen LogP contribution in [-0.4, -0.2) is 25.5 Å². The van der Waals surface area contributed by atoms with E-state index in [0.29, 0.717) is 22.3 Å². The topological polar surface area (TPSA) is 33.5 Å². The molecule has 0 bridgehead atoms. The second-order valence-electron chi connectivity index (χ2n) is 4.66. The van der Waals surface area contributed by atoms with E-state index in [2.05, 4.69) is 5.32 Å². The molecular formula is C13H17Cl2N2O+. The van der Waals surface area contributed by atoms with E-state index < -0.39 is 0 Å². The maximum absolute atomic E-state index is 11.9. The first kappa shape index (κ1) is 13.7. The Balaban J connectivity index is 1.88. The molecule has 0 spiro atoms. The number of rotatable bonds is 3. The van der Waals surface area contributed by atoms with Crippen LogP contribution in [0.3, 0.4) is 0 Å². The van der Waals surface area contributed by atoms with E-state index in [-0.39, 0.29) is 5.91 Å². The van der Waals surface area contributed by atoms with Crippen molar-refractivity contribution in [1.29, 1.82) is 0 Å². The Bertz CT molecular complexity index is 431. The first-order valence-corrected chi connectivity index (χ1v) is 6.99. The lowest BCUT2D eigenvalue weighted by Gasteiger charge is -2.22. The third kappa shape index (κ3) is 3.87. The molecule has 0 saturated carbocycles. The van der Waals surface area contributed by atoms with Crippen LogP contribution in [0.5, 0.6) is 0 Å². The molecule has 0 atom stereocenters. The van der Waals surface area contributed by atoms with E-state index in [4.69, 9.17) is 23.2 Å². The summed E-state index contributed by atoms with van der Waals surface area (Å²) in [7, 11) is 0. The lowest BCUT2D eigenvalue weighted by molar-refractivity contribution is -0.896. The van der Waals surface area contributed by atoms with Crippen molar-refractivity contribution in [3.8, 4) is 0 Å². The molecule has 1 amide bonds. The average molecular weight is 288 g/mol. The molecular weight excluding hydrogens is 271 g/mol. The molecule has 1 aliphatic rings. The smallest absolute Gasteiger partial charge is 0.279 e. The zero-order valence-electron chi connectivity index (χ0n) is 10.1. The average Bonchev–Trinajstić information content (AvgIpc) is 2.35. The third-order valence-corrected chi connectivity index (χ3v) is 3.91. The molecule has 1 aromatic rings. The molecule has 0 aromatic heterocycles. The highest BCUT2D eigenvalue weighted by molar-refractivity contribution is 6.42. The molecule has 1 heterocycles. The number of piperidine rings is 1. The predicted octanol–water partition coefficient (Wildman–Crippen LogP) is 2.00. The monoisotopic (exact) mass is 287 g/mol. The quantitative estimate of drug-likeness (QED) is 0.876. The van der Waals surface area contributed by atoms with E-state index in [1.54, 1.807) is 18.2 Å². The summed E-state index contributed by atoms with van der Waals surface area (Å²) in [6, 6.07) is 5.12. The summed E-state index contributed by atoms with van der Waals surface area (Å²) in [5.74, 6) is 0.0327. The number of nitrogens with one attached hydrogen (secondary N) is 2. The summed E-state index contributed by atoms with van der Waals surface area (Å²) in [5.41, 5.74) is 0.700. The van der Waals surface area contributed by atoms with E-state index in [0.717, 1.165) is 13.1 Å². The van der Waals surface area contributed by atoms with Crippen LogP contribution in [0.2, 0.25) is 10.0 Å². The second-order valence-corrected chi connectivity index (χ2v) is 5.48. The van der Waals surface area contributed by atoms with Gasteiger partial charge in [0, 0.05) is 5.69 Å². The van der Waals surface area contributed by atoms with Gasteiger partial charge in [-0.3, -0.25) is 4.79 Å². The molecule has 0 unspecified atom stereocenters. The van der Waals surface area contributed by atoms with Gasteiger partial charge in [0.15, 0.2) is 6.54 Å². The molecule has 3 nitrogen and oxygen atoms in total. The Kier molecular flexibility index (Phi) is 4.87. The van der Waals surface area contributed by atoms with Crippen molar-refractivity contribution in [3.63, 3.8) is 0 Å². The van der Waals surface area contributed by atoms with Crippen molar-refractivity contribution in [2.45, 2.75) is 19.3 Å². The number of hydrogen-bond acceptors (Lipinski definition) is 1. The summed E-state index contributed by atoms with van der Waals surface area (Å²) in [6.07, 6.45) is 3.72. The highest BCUT2D eigenvalue weighted by Gasteiger charge is 2.17. The molecule has 18 heavy (non-hydrogen) atoms. The Hall–Kier alpha value is -0.770. The molecule has 1 aromatic carbocycles. The van der Waals surface area contributed by atoms with Gasteiger partial charge < -0.3 is 10.2 Å². The van der Waals surface area contributed by atoms with Gasteiger partial charge in [0.1, 0.15) is 0 Å². The Morgan fingerprint density at radius 2 is 1.89 bits per heavy atom. The molecule has 0 radical (unpaired) electrons. The van der Waals surface area contributed by atoms with Crippen molar-refractivity contribution in [3.05, 3.63) is 28.2 Å². The van der Waals surface area contributed by atoms with Crippen molar-refractivity contribution in [1.82, 2.24) is 0 Å². The number of carbonyl (C=O) groups is 1. The maximum atomic E-state index is 11.9. The van der Waals surface area contributed by atoms with Crippen LogP contribution in [-0.2, 0) is 4.79 Å². The highest BCUT2D eigenvalue weighted by atomic mass is 35.5. The maximum Gasteiger partial charge on any atom is 0.279 e. The summed E-state index contributed by atoms with van der Waals surface area (Å²) >= 11 is 11.7. The fourth-order valence-electron chi connectivity index (χ4n) is 2.23. The number of likely N-dealkylation sites (tertiary alicyclic amines) is 1. The minimum Gasteiger partial charge on any atom is -0.327 e. The van der Waals surface area contributed by atoms with Gasteiger partial charge in [-0.1, -0.05) is 23.2 Å². The number of halogens is 2. The van der Waals surface area contributed by atoms with Crippen LogP contribution < -0.4 is 10.2 Å². The van der Waals surface area contributed by atoms with Crippen LogP contribution in [0.4, 0.5) is 5.69 Å². The number of carbonyl (C=O) groups excluding carboxylic acids is 1. The number of amides is 1. The number of hydrogen-bond donors (Lipinski definition) is 2. The van der Waals surface area contributed by atoms with Crippen molar-refractivity contribution < 1.29 is 9.69 Å². The molecule has 1 fully saturated rings. The van der Waals surface area contributed by atoms with Crippen LogP contribution in [0.1, 0.15) is 19.3 Å². The number of benzene rings is 1. The standard InChI is InChI=1S/C13H16Cl2N2O/c14-11-5-4-10(8-12(11)15)16-13(18)9-17-6-2-1-3-7-17/h4-5,8H,1-3,6-7,9H2,(H,16,18)/p+1. The van der Waals surface area contributed by atoms with Crippen LogP contribution in [0, 0.1) is 0 Å². The van der Waals surface area contributed by atoms with Crippen molar-refractivity contribution >= 4 is 34.8 Å². The number of anilines is 1. The van der Waals surface area contributed by atoms with Gasteiger partial charge in [-0.2, -0.15) is 0 Å². The first-order valence-electron chi connectivity index (χ1n) is 6.23. The normalized spacial score (nSPS) is 16.6. The minimum absolute atomic E-state index is 0.0327. The van der Waals surface area contributed by atoms with Crippen LogP contribution in [0.15, 0.2) is 18.2 Å². The molecule has 1 aliphatic heterocycles. The highest BCUT2D eigenvalue weighted by Crippen LogP contribution is 2.24. The SMILES string of the molecule is O=C(C[NH+]1CCCCC1)Nc1ccc(Cl)c(Cl)c1. The third-order valence-electron chi connectivity index (χ3n) is 3.17. The van der Waals surface area contributed by atoms with Gasteiger partial charge in [0.2, 0.25) is 0 Å².